The zero-order chi connectivity index (χ0) is 18.0. The number of benzene rings is 2. The van der Waals surface area contributed by atoms with Gasteiger partial charge < -0.3 is 10.5 Å². The molecule has 0 amide bonds. The number of likely N-dealkylation sites (tertiary alicyclic amines) is 1. The van der Waals surface area contributed by atoms with Crippen LogP contribution in [0.2, 0.25) is 0 Å². The number of ether oxygens (including phenoxy) is 1. The summed E-state index contributed by atoms with van der Waals surface area (Å²) in [6, 6.07) is 12.8. The van der Waals surface area contributed by atoms with E-state index < -0.39 is 29.1 Å². The van der Waals surface area contributed by atoms with E-state index in [1.807, 2.05) is 35.2 Å². The first-order chi connectivity index (χ1) is 11.9. The summed E-state index contributed by atoms with van der Waals surface area (Å²) in [4.78, 5) is 14.2. The molecule has 0 bridgehead atoms. The summed E-state index contributed by atoms with van der Waals surface area (Å²) in [5.41, 5.74) is 6.16. The lowest BCUT2D eigenvalue weighted by molar-refractivity contribution is -0.146. The van der Waals surface area contributed by atoms with Crippen LogP contribution in [0.4, 0.5) is 8.78 Å². The fourth-order valence-corrected chi connectivity index (χ4v) is 3.48. The van der Waals surface area contributed by atoms with Gasteiger partial charge >= 0.3 is 5.97 Å². The van der Waals surface area contributed by atoms with E-state index in [0.717, 1.165) is 23.8 Å². The molecule has 2 unspecified atom stereocenters. The van der Waals surface area contributed by atoms with Gasteiger partial charge in [-0.3, -0.25) is 9.69 Å². The topological polar surface area (TPSA) is 55.6 Å². The highest BCUT2D eigenvalue weighted by Crippen LogP contribution is 2.37. The van der Waals surface area contributed by atoms with Gasteiger partial charge in [0.2, 0.25) is 0 Å². The van der Waals surface area contributed by atoms with E-state index in [-0.39, 0.29) is 12.1 Å². The summed E-state index contributed by atoms with van der Waals surface area (Å²) >= 11 is 0. The van der Waals surface area contributed by atoms with Gasteiger partial charge in [0.05, 0.1) is 18.6 Å². The predicted octanol–water partition coefficient (Wildman–Crippen LogP) is 2.42. The number of carbonyl (C=O) groups is 1. The molecule has 0 spiro atoms. The maximum atomic E-state index is 14.3. The Balaban J connectivity index is 1.94. The molecule has 6 heteroatoms. The Morgan fingerprint density at radius 3 is 2.68 bits per heavy atom. The average molecular weight is 346 g/mol. The van der Waals surface area contributed by atoms with Crippen molar-refractivity contribution in [3.8, 4) is 0 Å². The van der Waals surface area contributed by atoms with Gasteiger partial charge in [0, 0.05) is 25.2 Å². The number of hydrogen-bond donors (Lipinski definition) is 1. The zero-order valence-electron chi connectivity index (χ0n) is 13.9. The predicted molar refractivity (Wildman–Crippen MR) is 89.4 cm³/mol. The van der Waals surface area contributed by atoms with Crippen LogP contribution in [0.1, 0.15) is 11.1 Å². The van der Waals surface area contributed by atoms with Gasteiger partial charge in [0.15, 0.2) is 0 Å². The van der Waals surface area contributed by atoms with E-state index in [9.17, 15) is 13.6 Å². The smallest absolute Gasteiger partial charge is 0.312 e. The van der Waals surface area contributed by atoms with Gasteiger partial charge in [-0.1, -0.05) is 30.3 Å². The zero-order valence-corrected chi connectivity index (χ0v) is 13.9. The Morgan fingerprint density at radius 2 is 2.00 bits per heavy atom. The molecule has 1 fully saturated rings. The molecule has 2 aromatic rings. The molecule has 25 heavy (non-hydrogen) atoms. The van der Waals surface area contributed by atoms with Crippen molar-refractivity contribution in [3.63, 3.8) is 0 Å². The number of halogens is 2. The first kappa shape index (κ1) is 17.5. The fourth-order valence-electron chi connectivity index (χ4n) is 3.48. The summed E-state index contributed by atoms with van der Waals surface area (Å²) in [5, 5.41) is 0. The minimum absolute atomic E-state index is 0.00142. The van der Waals surface area contributed by atoms with E-state index in [0.29, 0.717) is 13.1 Å². The molecule has 2 atom stereocenters. The normalized spacial score (nSPS) is 23.6. The van der Waals surface area contributed by atoms with E-state index >= 15 is 0 Å². The highest BCUT2D eigenvalue weighted by atomic mass is 19.1. The van der Waals surface area contributed by atoms with Crippen molar-refractivity contribution in [1.29, 1.82) is 0 Å². The van der Waals surface area contributed by atoms with Gasteiger partial charge in [0.1, 0.15) is 11.6 Å². The molecule has 1 aliphatic heterocycles. The second kappa shape index (κ2) is 6.90. The molecule has 3 rings (SSSR count). The van der Waals surface area contributed by atoms with Gasteiger partial charge in [-0.05, 0) is 23.8 Å². The highest BCUT2D eigenvalue weighted by Gasteiger charge is 2.50. The lowest BCUT2D eigenvalue weighted by Crippen LogP contribution is -2.48. The summed E-state index contributed by atoms with van der Waals surface area (Å²) in [5.74, 6) is -2.52. The number of methoxy groups -OCH3 is 1. The third-order valence-electron chi connectivity index (χ3n) is 4.71. The molecular formula is C19H20F2N2O2. The van der Waals surface area contributed by atoms with Gasteiger partial charge in [0.25, 0.3) is 0 Å². The monoisotopic (exact) mass is 346 g/mol. The summed E-state index contributed by atoms with van der Waals surface area (Å²) in [7, 11) is 1.27. The van der Waals surface area contributed by atoms with Crippen molar-refractivity contribution in [2.24, 2.45) is 11.7 Å². The Kier molecular flexibility index (Phi) is 4.83. The molecule has 0 aliphatic carbocycles. The third-order valence-corrected chi connectivity index (χ3v) is 4.71. The van der Waals surface area contributed by atoms with E-state index in [1.165, 1.54) is 7.11 Å². The summed E-state index contributed by atoms with van der Waals surface area (Å²) < 4.78 is 32.9. The number of hydrogen-bond acceptors (Lipinski definition) is 4. The van der Waals surface area contributed by atoms with Crippen LogP contribution in [0.15, 0.2) is 48.5 Å². The molecule has 2 aromatic carbocycles. The number of nitrogens with zero attached hydrogens (tertiary/aromatic N) is 1. The molecule has 0 saturated carbocycles. The molecule has 132 valence electrons. The van der Waals surface area contributed by atoms with Crippen LogP contribution in [0.5, 0.6) is 0 Å². The lowest BCUT2D eigenvalue weighted by atomic mass is 9.81. The van der Waals surface area contributed by atoms with Crippen LogP contribution in [-0.2, 0) is 21.6 Å². The van der Waals surface area contributed by atoms with Crippen LogP contribution >= 0.6 is 0 Å². The average Bonchev–Trinajstić information content (AvgIpc) is 2.94. The number of rotatable bonds is 4. The van der Waals surface area contributed by atoms with Crippen molar-refractivity contribution in [2.75, 3.05) is 20.2 Å². The Hall–Kier alpha value is -2.31. The quantitative estimate of drug-likeness (QED) is 0.864. The minimum Gasteiger partial charge on any atom is -0.469 e. The lowest BCUT2D eigenvalue weighted by Gasteiger charge is -2.30. The van der Waals surface area contributed by atoms with Crippen LogP contribution in [0.3, 0.4) is 0 Å². The highest BCUT2D eigenvalue weighted by molar-refractivity contribution is 5.75. The van der Waals surface area contributed by atoms with E-state index in [2.05, 4.69) is 0 Å². The van der Waals surface area contributed by atoms with Crippen molar-refractivity contribution in [2.45, 2.75) is 12.1 Å². The molecule has 0 radical (unpaired) electrons. The second-order valence-electron chi connectivity index (χ2n) is 6.40. The van der Waals surface area contributed by atoms with Crippen LogP contribution < -0.4 is 5.73 Å². The standard InChI is InChI=1S/C19H20F2N2O2/c1-25-18(24)16-11-23(10-13-5-3-2-4-6-13)12-19(16,22)15-9-14(20)7-8-17(15)21/h2-9,16H,10-12,22H2,1H3. The Labute approximate surface area is 145 Å². The first-order valence-corrected chi connectivity index (χ1v) is 8.02. The number of esters is 1. The third kappa shape index (κ3) is 3.41. The van der Waals surface area contributed by atoms with Gasteiger partial charge in [-0.2, -0.15) is 0 Å². The minimum atomic E-state index is -1.35. The van der Waals surface area contributed by atoms with Crippen molar-refractivity contribution in [1.82, 2.24) is 4.90 Å². The van der Waals surface area contributed by atoms with Crippen LogP contribution in [0.25, 0.3) is 0 Å². The van der Waals surface area contributed by atoms with Crippen molar-refractivity contribution >= 4 is 5.97 Å². The molecular weight excluding hydrogens is 326 g/mol. The molecule has 1 aliphatic rings. The number of carbonyl (C=O) groups excluding carboxylic acids is 1. The maximum Gasteiger partial charge on any atom is 0.312 e. The fraction of sp³-hybridized carbons (Fsp3) is 0.316. The number of nitrogens with two attached hydrogens (primary N) is 1. The molecule has 0 aromatic heterocycles. The molecule has 1 heterocycles. The van der Waals surface area contributed by atoms with Crippen molar-refractivity contribution < 1.29 is 18.3 Å². The SMILES string of the molecule is COC(=O)C1CN(Cc2ccccc2)CC1(N)c1cc(F)ccc1F. The van der Waals surface area contributed by atoms with Gasteiger partial charge in [-0.25, -0.2) is 8.78 Å². The Bertz CT molecular complexity index is 769. The van der Waals surface area contributed by atoms with Crippen LogP contribution in [-0.4, -0.2) is 31.1 Å². The van der Waals surface area contributed by atoms with Crippen molar-refractivity contribution in [3.05, 3.63) is 71.3 Å². The molecule has 2 N–H and O–H groups in total. The van der Waals surface area contributed by atoms with Crippen LogP contribution in [0, 0.1) is 17.6 Å². The summed E-state index contributed by atoms with van der Waals surface area (Å²) in [6.07, 6.45) is 0. The first-order valence-electron chi connectivity index (χ1n) is 8.02. The largest absolute Gasteiger partial charge is 0.469 e. The van der Waals surface area contributed by atoms with Gasteiger partial charge in [-0.15, -0.1) is 0 Å². The Morgan fingerprint density at radius 1 is 1.28 bits per heavy atom. The second-order valence-corrected chi connectivity index (χ2v) is 6.40. The van der Waals surface area contributed by atoms with E-state index in [1.54, 1.807) is 0 Å². The molecule has 4 nitrogen and oxygen atoms in total. The maximum absolute atomic E-state index is 14.3. The van der Waals surface area contributed by atoms with E-state index in [4.69, 9.17) is 10.5 Å². The summed E-state index contributed by atoms with van der Waals surface area (Å²) in [6.45, 7) is 1.10. The molecule has 1 saturated heterocycles.